The van der Waals surface area contributed by atoms with Gasteiger partial charge < -0.3 is 9.47 Å². The third kappa shape index (κ3) is 1.62. The molecule has 0 unspecified atom stereocenters. The molecule has 27 heavy (non-hydrogen) atoms. The predicted molar refractivity (Wildman–Crippen MR) is 95.7 cm³/mol. The van der Waals surface area contributed by atoms with Crippen LogP contribution in [0.4, 0.5) is 0 Å². The summed E-state index contributed by atoms with van der Waals surface area (Å²) in [4.78, 5) is 51.6. The van der Waals surface area contributed by atoms with E-state index in [0.717, 1.165) is 0 Å². The minimum atomic E-state index is -1.40. The van der Waals surface area contributed by atoms with E-state index in [0.29, 0.717) is 24.6 Å². The Hall–Kier alpha value is -1.50. The van der Waals surface area contributed by atoms with Crippen LogP contribution in [0.25, 0.3) is 0 Å². The fourth-order valence-corrected chi connectivity index (χ4v) is 8.06. The van der Waals surface area contributed by atoms with Crippen molar-refractivity contribution >= 4 is 39.4 Å². The third-order valence-electron chi connectivity index (χ3n) is 8.37. The molecule has 0 aromatic rings. The van der Waals surface area contributed by atoms with E-state index in [2.05, 4.69) is 15.9 Å². The number of Topliss-reactive ketones (excluding diaryl/α,β-unsaturated/α-hetero) is 1. The summed E-state index contributed by atoms with van der Waals surface area (Å²) >= 11 is 3.52. The van der Waals surface area contributed by atoms with E-state index in [-0.39, 0.29) is 23.9 Å². The van der Waals surface area contributed by atoms with E-state index in [9.17, 15) is 19.2 Å². The molecule has 144 valence electrons. The van der Waals surface area contributed by atoms with Gasteiger partial charge in [0.1, 0.15) is 16.8 Å². The number of carbonyl (C=O) groups excluding carboxylic acids is 4. The molecule has 0 amide bonds. The fourth-order valence-electron chi connectivity index (χ4n) is 7.27. The van der Waals surface area contributed by atoms with Crippen LogP contribution in [0.15, 0.2) is 12.2 Å². The van der Waals surface area contributed by atoms with Crippen molar-refractivity contribution in [3.05, 3.63) is 12.2 Å². The summed E-state index contributed by atoms with van der Waals surface area (Å²) in [6.07, 6.45) is 5.37. The summed E-state index contributed by atoms with van der Waals surface area (Å²) in [5.41, 5.74) is -3.51. The number of hydrogen-bond acceptors (Lipinski definition) is 6. The first-order chi connectivity index (χ1) is 12.7. The molecule has 4 bridgehead atoms. The standard InChI is InChI=1S/C20H21BrO6/c1-17-11(22)4-6-20(27-16(17)25)10-3-5-18(9-21)8-19(10,7-12(18)23)13(14(17)20)15(24)26-2/h4,6,10,13-14H,3,5,7-9H2,1-2H3/t10-,13-,14-,17+,18+,19-,20-/m1/s1. The van der Waals surface area contributed by atoms with Crippen molar-refractivity contribution in [1.82, 2.24) is 0 Å². The molecule has 4 fully saturated rings. The number of esters is 2. The zero-order chi connectivity index (χ0) is 19.4. The van der Waals surface area contributed by atoms with Gasteiger partial charge in [0.25, 0.3) is 0 Å². The number of hydrogen-bond donors (Lipinski definition) is 0. The number of alkyl halides is 1. The van der Waals surface area contributed by atoms with E-state index in [4.69, 9.17) is 9.47 Å². The molecular weight excluding hydrogens is 416 g/mol. The molecule has 5 rings (SSSR count). The number of methoxy groups -OCH3 is 1. The molecule has 4 aliphatic carbocycles. The first-order valence-electron chi connectivity index (χ1n) is 9.36. The second kappa shape index (κ2) is 4.91. The predicted octanol–water partition coefficient (Wildman–Crippen LogP) is 1.99. The highest BCUT2D eigenvalue weighted by Crippen LogP contribution is 2.77. The van der Waals surface area contributed by atoms with Gasteiger partial charge in [0.15, 0.2) is 5.78 Å². The van der Waals surface area contributed by atoms with Crippen molar-refractivity contribution < 1.29 is 28.7 Å². The van der Waals surface area contributed by atoms with Crippen molar-refractivity contribution in [1.29, 1.82) is 0 Å². The molecular formula is C20H21BrO6. The largest absolute Gasteiger partial charge is 0.469 e. The highest BCUT2D eigenvalue weighted by Gasteiger charge is 2.84. The Morgan fingerprint density at radius 2 is 2.11 bits per heavy atom. The Morgan fingerprint density at radius 1 is 1.37 bits per heavy atom. The Bertz CT molecular complexity index is 849. The number of rotatable bonds is 2. The maximum absolute atomic E-state index is 13.0. The maximum atomic E-state index is 13.0. The molecule has 1 saturated heterocycles. The van der Waals surface area contributed by atoms with E-state index < -0.39 is 45.6 Å². The molecule has 1 heterocycles. The van der Waals surface area contributed by atoms with Gasteiger partial charge in [-0.05, 0) is 43.8 Å². The summed E-state index contributed by atoms with van der Waals surface area (Å²) in [7, 11) is 1.32. The van der Waals surface area contributed by atoms with E-state index in [1.807, 2.05) is 0 Å². The Kier molecular flexibility index (Phi) is 3.20. The maximum Gasteiger partial charge on any atom is 0.321 e. The van der Waals surface area contributed by atoms with Crippen LogP contribution in [0.2, 0.25) is 0 Å². The van der Waals surface area contributed by atoms with Gasteiger partial charge in [0, 0.05) is 29.0 Å². The molecule has 1 aliphatic heterocycles. The SMILES string of the molecule is COC(=O)[C@H]1[C@@H]2[C@]3(C)C(=O)C=C[C@@]2(OC3=O)[C@@H]2CC[C@@]3(CBr)C[C@]21CC3=O. The molecule has 3 saturated carbocycles. The van der Waals surface area contributed by atoms with Crippen molar-refractivity contribution in [2.75, 3.05) is 12.4 Å². The molecule has 0 aromatic heterocycles. The number of carbonyl (C=O) groups is 4. The van der Waals surface area contributed by atoms with E-state index in [1.165, 1.54) is 13.2 Å². The lowest BCUT2D eigenvalue weighted by Gasteiger charge is -2.45. The number of ether oxygens (including phenoxy) is 2. The van der Waals surface area contributed by atoms with Crippen LogP contribution in [0.3, 0.4) is 0 Å². The topological polar surface area (TPSA) is 86.7 Å². The number of fused-ring (bicyclic) bond motifs is 1. The van der Waals surface area contributed by atoms with Gasteiger partial charge in [-0.1, -0.05) is 15.9 Å². The zero-order valence-corrected chi connectivity index (χ0v) is 16.8. The van der Waals surface area contributed by atoms with Crippen LogP contribution in [0.1, 0.15) is 32.6 Å². The average molecular weight is 437 g/mol. The second-order valence-corrected chi connectivity index (χ2v) is 9.70. The van der Waals surface area contributed by atoms with Crippen molar-refractivity contribution in [3.63, 3.8) is 0 Å². The van der Waals surface area contributed by atoms with Crippen LogP contribution in [0, 0.1) is 34.0 Å². The lowest BCUT2D eigenvalue weighted by molar-refractivity contribution is -0.161. The normalized spacial score (nSPS) is 51.8. The Balaban J connectivity index is 1.77. The molecule has 7 heteroatoms. The van der Waals surface area contributed by atoms with E-state index >= 15 is 0 Å². The van der Waals surface area contributed by atoms with Crippen LogP contribution >= 0.6 is 15.9 Å². The van der Waals surface area contributed by atoms with Crippen molar-refractivity contribution in [2.45, 2.75) is 38.2 Å². The van der Waals surface area contributed by atoms with Crippen molar-refractivity contribution in [2.24, 2.45) is 34.0 Å². The van der Waals surface area contributed by atoms with Crippen LogP contribution in [-0.2, 0) is 28.7 Å². The summed E-state index contributed by atoms with van der Waals surface area (Å²) in [6, 6.07) is 0. The third-order valence-corrected chi connectivity index (χ3v) is 9.44. The summed E-state index contributed by atoms with van der Waals surface area (Å²) in [5.74, 6) is -2.66. The Morgan fingerprint density at radius 3 is 2.78 bits per heavy atom. The minimum absolute atomic E-state index is 0.159. The number of halogens is 1. The highest BCUT2D eigenvalue weighted by atomic mass is 79.9. The molecule has 0 aromatic carbocycles. The zero-order valence-electron chi connectivity index (χ0n) is 15.2. The smallest absolute Gasteiger partial charge is 0.321 e. The minimum Gasteiger partial charge on any atom is -0.469 e. The molecule has 5 aliphatic rings. The lowest BCUT2D eigenvalue weighted by atomic mass is 9.60. The molecule has 7 atom stereocenters. The number of ketones is 2. The molecule has 0 radical (unpaired) electrons. The number of allylic oxidation sites excluding steroid dienone is 1. The van der Waals surface area contributed by atoms with Gasteiger partial charge in [-0.2, -0.15) is 0 Å². The summed E-state index contributed by atoms with van der Waals surface area (Å²) < 4.78 is 11.1. The first kappa shape index (κ1) is 17.6. The highest BCUT2D eigenvalue weighted by molar-refractivity contribution is 9.09. The first-order valence-corrected chi connectivity index (χ1v) is 10.5. The quantitative estimate of drug-likeness (QED) is 0.373. The van der Waals surface area contributed by atoms with Gasteiger partial charge in [-0.25, -0.2) is 0 Å². The molecule has 6 nitrogen and oxygen atoms in total. The summed E-state index contributed by atoms with van der Waals surface area (Å²) in [5, 5.41) is 0.560. The molecule has 1 spiro atoms. The van der Waals surface area contributed by atoms with E-state index in [1.54, 1.807) is 13.0 Å². The second-order valence-electron chi connectivity index (χ2n) is 9.14. The summed E-state index contributed by atoms with van der Waals surface area (Å²) in [6.45, 7) is 1.59. The monoisotopic (exact) mass is 436 g/mol. The van der Waals surface area contributed by atoms with Gasteiger partial charge >= 0.3 is 11.9 Å². The molecule has 0 N–H and O–H groups in total. The van der Waals surface area contributed by atoms with Gasteiger partial charge in [-0.3, -0.25) is 19.2 Å². The van der Waals surface area contributed by atoms with Crippen LogP contribution in [-0.4, -0.2) is 41.5 Å². The van der Waals surface area contributed by atoms with Gasteiger partial charge in [0.05, 0.1) is 13.0 Å². The van der Waals surface area contributed by atoms with Crippen LogP contribution < -0.4 is 0 Å². The van der Waals surface area contributed by atoms with Crippen molar-refractivity contribution in [3.8, 4) is 0 Å². The lowest BCUT2D eigenvalue weighted by Crippen LogP contribution is -2.49. The fraction of sp³-hybridized carbons (Fsp3) is 0.700. The van der Waals surface area contributed by atoms with Gasteiger partial charge in [-0.15, -0.1) is 0 Å². The van der Waals surface area contributed by atoms with Gasteiger partial charge in [0.2, 0.25) is 0 Å². The Labute approximate surface area is 165 Å². The average Bonchev–Trinajstić information content (AvgIpc) is 3.09. The van der Waals surface area contributed by atoms with Crippen LogP contribution in [0.5, 0.6) is 0 Å².